The van der Waals surface area contributed by atoms with E-state index in [0.29, 0.717) is 5.92 Å². The number of nitrogens with zero attached hydrogens (tertiary/aromatic N) is 1. The monoisotopic (exact) mass is 193 g/mol. The third kappa shape index (κ3) is 1.43. The molecule has 76 valence electrons. The van der Waals surface area contributed by atoms with Gasteiger partial charge in [-0.25, -0.2) is 0 Å². The summed E-state index contributed by atoms with van der Waals surface area (Å²) in [5.41, 5.74) is 2.56. The molecule has 0 spiro atoms. The summed E-state index contributed by atoms with van der Waals surface area (Å²) in [7, 11) is 1.99. The first-order valence-electron chi connectivity index (χ1n) is 4.94. The van der Waals surface area contributed by atoms with Crippen LogP contribution in [0.3, 0.4) is 0 Å². The van der Waals surface area contributed by atoms with E-state index in [1.807, 2.05) is 11.6 Å². The molecule has 1 aromatic rings. The maximum Gasteiger partial charge on any atom is 0.303 e. The smallest absolute Gasteiger partial charge is 0.303 e. The molecule has 1 heterocycles. The highest BCUT2D eigenvalue weighted by atomic mass is 16.4. The Morgan fingerprint density at radius 3 is 3.00 bits per heavy atom. The Kier molecular flexibility index (Phi) is 2.10. The molecule has 0 radical (unpaired) electrons. The van der Waals surface area contributed by atoms with E-state index >= 15 is 0 Å². The lowest BCUT2D eigenvalue weighted by Gasteiger charge is -2.13. The fourth-order valence-electron chi connectivity index (χ4n) is 2.46. The number of carbonyl (C=O) groups is 1. The zero-order valence-corrected chi connectivity index (χ0v) is 8.53. The van der Waals surface area contributed by atoms with E-state index in [9.17, 15) is 4.79 Å². The van der Waals surface area contributed by atoms with Crippen LogP contribution in [0.25, 0.3) is 0 Å². The van der Waals surface area contributed by atoms with Gasteiger partial charge in [-0.15, -0.1) is 0 Å². The quantitative estimate of drug-likeness (QED) is 0.777. The van der Waals surface area contributed by atoms with Gasteiger partial charge in [0.15, 0.2) is 0 Å². The lowest BCUT2D eigenvalue weighted by Crippen LogP contribution is -2.10. The molecule has 0 saturated carbocycles. The molecule has 2 unspecified atom stereocenters. The maximum absolute atomic E-state index is 10.7. The van der Waals surface area contributed by atoms with Crippen LogP contribution in [0.15, 0.2) is 12.4 Å². The fourth-order valence-corrected chi connectivity index (χ4v) is 2.46. The minimum Gasteiger partial charge on any atom is -0.481 e. The second-order valence-corrected chi connectivity index (χ2v) is 4.29. The van der Waals surface area contributed by atoms with Crippen molar-refractivity contribution in [2.45, 2.75) is 25.7 Å². The van der Waals surface area contributed by atoms with Gasteiger partial charge in [-0.2, -0.15) is 0 Å². The highest BCUT2D eigenvalue weighted by Gasteiger charge is 2.31. The topological polar surface area (TPSA) is 42.2 Å². The molecule has 0 fully saturated rings. The number of rotatable bonds is 2. The Morgan fingerprint density at radius 1 is 1.64 bits per heavy atom. The van der Waals surface area contributed by atoms with E-state index in [-0.39, 0.29) is 12.3 Å². The van der Waals surface area contributed by atoms with Gasteiger partial charge in [0.05, 0.1) is 6.42 Å². The molecule has 14 heavy (non-hydrogen) atoms. The summed E-state index contributed by atoms with van der Waals surface area (Å²) in [5.74, 6) is -0.0143. The second-order valence-electron chi connectivity index (χ2n) is 4.29. The van der Waals surface area contributed by atoms with Gasteiger partial charge in [0.25, 0.3) is 0 Å². The molecule has 1 N–H and O–H groups in total. The number of carboxylic acid groups (broad SMARTS) is 1. The summed E-state index contributed by atoms with van der Waals surface area (Å²) in [6.45, 7) is 2.13. The van der Waals surface area contributed by atoms with Crippen LogP contribution < -0.4 is 0 Å². The Bertz CT molecular complexity index is 367. The van der Waals surface area contributed by atoms with Gasteiger partial charge in [-0.3, -0.25) is 4.79 Å². The standard InChI is InChI=1S/C11H15NO2/c1-7-3-8-5-12(2)6-10(8)9(7)4-11(13)14/h5-7,9H,3-4H2,1-2H3,(H,13,14). The van der Waals surface area contributed by atoms with E-state index in [1.54, 1.807) is 0 Å². The van der Waals surface area contributed by atoms with Crippen molar-refractivity contribution in [3.63, 3.8) is 0 Å². The normalized spacial score (nSPS) is 25.0. The molecule has 1 aromatic heterocycles. The molecule has 3 heteroatoms. The predicted molar refractivity (Wildman–Crippen MR) is 53.3 cm³/mol. The van der Waals surface area contributed by atoms with Crippen LogP contribution in [0, 0.1) is 5.92 Å². The minimum atomic E-state index is -0.696. The van der Waals surface area contributed by atoms with Crippen molar-refractivity contribution in [3.8, 4) is 0 Å². The van der Waals surface area contributed by atoms with Crippen molar-refractivity contribution in [2.24, 2.45) is 13.0 Å². The third-order valence-electron chi connectivity index (χ3n) is 3.10. The van der Waals surface area contributed by atoms with Gasteiger partial charge < -0.3 is 9.67 Å². The summed E-state index contributed by atoms with van der Waals surface area (Å²) in [6, 6.07) is 0. The Morgan fingerprint density at radius 2 is 2.36 bits per heavy atom. The van der Waals surface area contributed by atoms with Crippen molar-refractivity contribution >= 4 is 5.97 Å². The summed E-state index contributed by atoms with van der Waals surface area (Å²) >= 11 is 0. The summed E-state index contributed by atoms with van der Waals surface area (Å²) in [5, 5.41) is 8.82. The van der Waals surface area contributed by atoms with Gasteiger partial charge in [0.2, 0.25) is 0 Å². The van der Waals surface area contributed by atoms with Crippen molar-refractivity contribution in [1.29, 1.82) is 0 Å². The number of hydrogen-bond acceptors (Lipinski definition) is 1. The Hall–Kier alpha value is -1.25. The van der Waals surface area contributed by atoms with Crippen LogP contribution in [0.2, 0.25) is 0 Å². The largest absolute Gasteiger partial charge is 0.481 e. The molecule has 0 saturated heterocycles. The Balaban J connectivity index is 2.28. The van der Waals surface area contributed by atoms with Crippen molar-refractivity contribution in [1.82, 2.24) is 4.57 Å². The first kappa shape index (κ1) is 9.31. The summed E-state index contributed by atoms with van der Waals surface area (Å²) < 4.78 is 2.02. The fraction of sp³-hybridized carbons (Fsp3) is 0.545. The second kappa shape index (κ2) is 3.15. The van der Waals surface area contributed by atoms with Crippen LogP contribution in [-0.2, 0) is 18.3 Å². The van der Waals surface area contributed by atoms with E-state index in [4.69, 9.17) is 5.11 Å². The molecule has 2 rings (SSSR count). The van der Waals surface area contributed by atoms with E-state index in [2.05, 4.69) is 19.3 Å². The van der Waals surface area contributed by atoms with Gasteiger partial charge in [-0.1, -0.05) is 6.92 Å². The van der Waals surface area contributed by atoms with Gasteiger partial charge in [0, 0.05) is 19.4 Å². The SMILES string of the molecule is CC1Cc2cn(C)cc2C1CC(=O)O. The van der Waals surface area contributed by atoms with Crippen LogP contribution in [0.4, 0.5) is 0 Å². The first-order valence-corrected chi connectivity index (χ1v) is 4.94. The number of fused-ring (bicyclic) bond motifs is 1. The summed E-state index contributed by atoms with van der Waals surface area (Å²) in [4.78, 5) is 10.7. The molecule has 3 nitrogen and oxygen atoms in total. The molecule has 2 atom stereocenters. The van der Waals surface area contributed by atoms with E-state index in [1.165, 1.54) is 11.1 Å². The highest BCUT2D eigenvalue weighted by Crippen LogP contribution is 2.40. The molecule has 0 bridgehead atoms. The molecular weight excluding hydrogens is 178 g/mol. The van der Waals surface area contributed by atoms with Crippen LogP contribution in [0.5, 0.6) is 0 Å². The number of aliphatic carboxylic acids is 1. The average molecular weight is 193 g/mol. The predicted octanol–water partition coefficient (Wildman–Crippen LogP) is 1.78. The zero-order valence-electron chi connectivity index (χ0n) is 8.53. The van der Waals surface area contributed by atoms with Crippen molar-refractivity contribution < 1.29 is 9.90 Å². The average Bonchev–Trinajstić information content (AvgIpc) is 2.51. The van der Waals surface area contributed by atoms with Gasteiger partial charge in [-0.05, 0) is 29.4 Å². The molecule has 0 amide bonds. The lowest BCUT2D eigenvalue weighted by atomic mass is 9.92. The maximum atomic E-state index is 10.7. The Labute approximate surface area is 83.4 Å². The third-order valence-corrected chi connectivity index (χ3v) is 3.10. The van der Waals surface area contributed by atoms with Crippen molar-refractivity contribution in [2.75, 3.05) is 0 Å². The van der Waals surface area contributed by atoms with Gasteiger partial charge in [0.1, 0.15) is 0 Å². The number of aryl methyl sites for hydroxylation is 1. The minimum absolute atomic E-state index is 0.212. The van der Waals surface area contributed by atoms with Crippen LogP contribution in [-0.4, -0.2) is 15.6 Å². The number of carboxylic acids is 1. The zero-order chi connectivity index (χ0) is 10.3. The number of aromatic nitrogens is 1. The number of hydrogen-bond donors (Lipinski definition) is 1. The molecule has 0 aliphatic heterocycles. The molecular formula is C11H15NO2. The van der Waals surface area contributed by atoms with Gasteiger partial charge >= 0.3 is 5.97 Å². The van der Waals surface area contributed by atoms with Crippen molar-refractivity contribution in [3.05, 3.63) is 23.5 Å². The van der Waals surface area contributed by atoms with Crippen LogP contribution >= 0.6 is 0 Å². The van der Waals surface area contributed by atoms with E-state index in [0.717, 1.165) is 6.42 Å². The highest BCUT2D eigenvalue weighted by molar-refractivity contribution is 5.68. The molecule has 0 aromatic carbocycles. The van der Waals surface area contributed by atoms with E-state index < -0.39 is 5.97 Å². The summed E-state index contributed by atoms with van der Waals surface area (Å²) in [6.07, 6.45) is 5.45. The van der Waals surface area contributed by atoms with Crippen LogP contribution in [0.1, 0.15) is 30.4 Å². The molecule has 1 aliphatic rings. The molecule has 1 aliphatic carbocycles. The lowest BCUT2D eigenvalue weighted by molar-refractivity contribution is -0.137. The first-order chi connectivity index (χ1) is 6.58.